The Morgan fingerprint density at radius 1 is 1.04 bits per heavy atom. The van der Waals surface area contributed by atoms with E-state index >= 15 is 0 Å². The number of rotatable bonds is 6. The highest BCUT2D eigenvalue weighted by atomic mass is 35.5. The lowest BCUT2D eigenvalue weighted by atomic mass is 10.1. The molecule has 4 nitrogen and oxygen atoms in total. The molecule has 0 amide bonds. The smallest absolute Gasteiger partial charge is 0.344 e. The molecule has 0 aliphatic carbocycles. The number of ether oxygens (including phenoxy) is 1. The van der Waals surface area contributed by atoms with E-state index in [-0.39, 0.29) is 0 Å². The molecule has 0 bridgehead atoms. The van der Waals surface area contributed by atoms with Crippen molar-refractivity contribution in [1.82, 2.24) is 9.78 Å². The van der Waals surface area contributed by atoms with Gasteiger partial charge in [-0.05, 0) is 48.7 Å². The van der Waals surface area contributed by atoms with Crippen LogP contribution in [0.25, 0.3) is 5.69 Å². The number of esters is 1. The Bertz CT molecular complexity index is 949. The van der Waals surface area contributed by atoms with Crippen LogP contribution in [0.4, 0.5) is 0 Å². The van der Waals surface area contributed by atoms with Gasteiger partial charge in [-0.15, -0.1) is 0 Å². The maximum atomic E-state index is 12.6. The predicted molar refractivity (Wildman–Crippen MR) is 108 cm³/mol. The standard InChI is InChI=1S/C21H20Cl2N2O2/c1-3-5-16-12-20(25(24-16)17-10-11-18(22)19(23)13-17)27-21(26)15-8-6-14(4-2)7-9-15/h6-13H,3-5H2,1-2H3. The first kappa shape index (κ1) is 19.5. The molecular formula is C21H20Cl2N2O2. The molecule has 27 heavy (non-hydrogen) atoms. The van der Waals surface area contributed by atoms with Crippen molar-refractivity contribution < 1.29 is 9.53 Å². The quantitative estimate of drug-likeness (QED) is 0.481. The highest BCUT2D eigenvalue weighted by Crippen LogP contribution is 2.27. The van der Waals surface area contributed by atoms with Crippen molar-refractivity contribution in [2.45, 2.75) is 33.1 Å². The summed E-state index contributed by atoms with van der Waals surface area (Å²) in [6.45, 7) is 4.14. The zero-order chi connectivity index (χ0) is 19.4. The lowest BCUT2D eigenvalue weighted by Crippen LogP contribution is -2.11. The van der Waals surface area contributed by atoms with Gasteiger partial charge in [-0.3, -0.25) is 0 Å². The topological polar surface area (TPSA) is 44.1 Å². The maximum Gasteiger partial charge on any atom is 0.344 e. The van der Waals surface area contributed by atoms with E-state index in [1.807, 2.05) is 12.1 Å². The van der Waals surface area contributed by atoms with Crippen LogP contribution in [-0.2, 0) is 12.8 Å². The molecule has 3 aromatic rings. The zero-order valence-corrected chi connectivity index (χ0v) is 16.7. The fourth-order valence-corrected chi connectivity index (χ4v) is 2.99. The minimum atomic E-state index is -0.429. The molecule has 0 radical (unpaired) electrons. The summed E-state index contributed by atoms with van der Waals surface area (Å²) >= 11 is 12.1. The van der Waals surface area contributed by atoms with Crippen LogP contribution in [0.2, 0.25) is 10.0 Å². The number of halogens is 2. The molecule has 0 fully saturated rings. The minimum Gasteiger partial charge on any atom is -0.404 e. The summed E-state index contributed by atoms with van der Waals surface area (Å²) in [7, 11) is 0. The summed E-state index contributed by atoms with van der Waals surface area (Å²) in [5.74, 6) is -0.0803. The van der Waals surface area contributed by atoms with Crippen LogP contribution < -0.4 is 4.74 Å². The Morgan fingerprint density at radius 3 is 2.41 bits per heavy atom. The molecule has 3 rings (SSSR count). The number of hydrogen-bond donors (Lipinski definition) is 0. The number of nitrogens with zero attached hydrogens (tertiary/aromatic N) is 2. The Morgan fingerprint density at radius 2 is 1.78 bits per heavy atom. The summed E-state index contributed by atoms with van der Waals surface area (Å²) < 4.78 is 7.22. The lowest BCUT2D eigenvalue weighted by molar-refractivity contribution is 0.0723. The predicted octanol–water partition coefficient (Wildman–Crippen LogP) is 5.91. The van der Waals surface area contributed by atoms with E-state index in [4.69, 9.17) is 27.9 Å². The number of benzene rings is 2. The van der Waals surface area contributed by atoms with Crippen molar-refractivity contribution in [3.8, 4) is 11.6 Å². The Labute approximate surface area is 168 Å². The molecule has 0 saturated carbocycles. The minimum absolute atomic E-state index is 0.349. The van der Waals surface area contributed by atoms with E-state index in [0.29, 0.717) is 27.2 Å². The molecule has 0 aliphatic heterocycles. The average molecular weight is 403 g/mol. The third-order valence-electron chi connectivity index (χ3n) is 4.18. The van der Waals surface area contributed by atoms with Gasteiger partial charge in [0.1, 0.15) is 0 Å². The van der Waals surface area contributed by atoms with Crippen molar-refractivity contribution in [2.24, 2.45) is 0 Å². The van der Waals surface area contributed by atoms with Gasteiger partial charge in [0.2, 0.25) is 5.88 Å². The van der Waals surface area contributed by atoms with E-state index in [1.54, 1.807) is 41.1 Å². The number of hydrogen-bond acceptors (Lipinski definition) is 3. The van der Waals surface area contributed by atoms with E-state index in [9.17, 15) is 4.79 Å². The second-order valence-electron chi connectivity index (χ2n) is 6.17. The van der Waals surface area contributed by atoms with Crippen molar-refractivity contribution in [3.05, 3.63) is 75.4 Å². The van der Waals surface area contributed by atoms with Crippen LogP contribution in [0.5, 0.6) is 5.88 Å². The highest BCUT2D eigenvalue weighted by Gasteiger charge is 2.16. The monoisotopic (exact) mass is 402 g/mol. The highest BCUT2D eigenvalue weighted by molar-refractivity contribution is 6.42. The Kier molecular flexibility index (Phi) is 6.19. The average Bonchev–Trinajstić information content (AvgIpc) is 3.06. The number of aromatic nitrogens is 2. The molecule has 0 unspecified atom stereocenters. The fourth-order valence-electron chi connectivity index (χ4n) is 2.69. The lowest BCUT2D eigenvalue weighted by Gasteiger charge is -2.09. The van der Waals surface area contributed by atoms with Crippen molar-refractivity contribution in [3.63, 3.8) is 0 Å². The van der Waals surface area contributed by atoms with Crippen molar-refractivity contribution in [1.29, 1.82) is 0 Å². The molecule has 1 aromatic heterocycles. The first-order valence-corrected chi connectivity index (χ1v) is 9.63. The molecule has 6 heteroatoms. The molecule has 0 N–H and O–H groups in total. The van der Waals surface area contributed by atoms with Crippen molar-refractivity contribution >= 4 is 29.2 Å². The fraction of sp³-hybridized carbons (Fsp3) is 0.238. The number of carbonyl (C=O) groups is 1. The summed E-state index contributed by atoms with van der Waals surface area (Å²) in [5, 5.41) is 5.42. The van der Waals surface area contributed by atoms with Gasteiger partial charge in [-0.25, -0.2) is 9.48 Å². The van der Waals surface area contributed by atoms with Gasteiger partial charge in [-0.1, -0.05) is 55.6 Å². The third kappa shape index (κ3) is 4.52. The van der Waals surface area contributed by atoms with Gasteiger partial charge in [-0.2, -0.15) is 5.10 Å². The van der Waals surface area contributed by atoms with Crippen LogP contribution in [-0.4, -0.2) is 15.7 Å². The second-order valence-corrected chi connectivity index (χ2v) is 6.99. The van der Waals surface area contributed by atoms with Crippen LogP contribution in [0.15, 0.2) is 48.5 Å². The van der Waals surface area contributed by atoms with E-state index < -0.39 is 5.97 Å². The van der Waals surface area contributed by atoms with Crippen LogP contribution in [0, 0.1) is 0 Å². The molecular weight excluding hydrogens is 383 g/mol. The Hall–Kier alpha value is -2.30. The Balaban J connectivity index is 1.93. The second kappa shape index (κ2) is 8.59. The zero-order valence-electron chi connectivity index (χ0n) is 15.2. The molecule has 0 saturated heterocycles. The molecule has 2 aromatic carbocycles. The third-order valence-corrected chi connectivity index (χ3v) is 4.92. The van der Waals surface area contributed by atoms with Gasteiger partial charge in [0.05, 0.1) is 27.0 Å². The number of carbonyl (C=O) groups excluding carboxylic acids is 1. The summed E-state index contributed by atoms with van der Waals surface area (Å²) in [6.07, 6.45) is 2.63. The van der Waals surface area contributed by atoms with Gasteiger partial charge in [0.25, 0.3) is 0 Å². The van der Waals surface area contributed by atoms with Gasteiger partial charge in [0, 0.05) is 6.07 Å². The van der Waals surface area contributed by atoms with Crippen LogP contribution >= 0.6 is 23.2 Å². The maximum absolute atomic E-state index is 12.6. The molecule has 0 aliphatic rings. The van der Waals surface area contributed by atoms with Crippen LogP contribution in [0.3, 0.4) is 0 Å². The van der Waals surface area contributed by atoms with Gasteiger partial charge in [0.15, 0.2) is 0 Å². The molecule has 0 atom stereocenters. The molecule has 1 heterocycles. The van der Waals surface area contributed by atoms with Crippen molar-refractivity contribution in [2.75, 3.05) is 0 Å². The summed E-state index contributed by atoms with van der Waals surface area (Å²) in [6, 6.07) is 14.3. The van der Waals surface area contributed by atoms with Gasteiger partial charge >= 0.3 is 5.97 Å². The molecule has 0 spiro atoms. The van der Waals surface area contributed by atoms with Gasteiger partial charge < -0.3 is 4.74 Å². The first-order valence-electron chi connectivity index (χ1n) is 8.87. The van der Waals surface area contributed by atoms with E-state index in [2.05, 4.69) is 18.9 Å². The molecule has 140 valence electrons. The normalized spacial score (nSPS) is 10.8. The van der Waals surface area contributed by atoms with E-state index in [0.717, 1.165) is 30.5 Å². The first-order chi connectivity index (χ1) is 13.0. The SMILES string of the molecule is CCCc1cc(OC(=O)c2ccc(CC)cc2)n(-c2ccc(Cl)c(Cl)c2)n1. The van der Waals surface area contributed by atoms with E-state index in [1.165, 1.54) is 0 Å². The summed E-state index contributed by atoms with van der Waals surface area (Å²) in [5.41, 5.74) is 3.17. The largest absolute Gasteiger partial charge is 0.404 e. The summed E-state index contributed by atoms with van der Waals surface area (Å²) in [4.78, 5) is 12.6. The van der Waals surface area contributed by atoms with Crippen LogP contribution in [0.1, 0.15) is 41.9 Å². The number of aryl methyl sites for hydroxylation is 2.